The van der Waals surface area contributed by atoms with E-state index in [0.717, 1.165) is 76.8 Å². The lowest BCUT2D eigenvalue weighted by Gasteiger charge is -2.28. The normalized spacial score (nSPS) is 20.7. The van der Waals surface area contributed by atoms with E-state index in [0.29, 0.717) is 13.1 Å². The Bertz CT molecular complexity index is 1640. The van der Waals surface area contributed by atoms with E-state index in [9.17, 15) is 9.59 Å². The monoisotopic (exact) mass is 597 g/mol. The predicted molar refractivity (Wildman–Crippen MR) is 172 cm³/mol. The van der Waals surface area contributed by atoms with Crippen LogP contribution in [-0.4, -0.2) is 68.0 Å². The van der Waals surface area contributed by atoms with E-state index in [-0.39, 0.29) is 24.3 Å². The SMILES string of the molecule is CC(C)(C)OC(=O)N1CCC[C@H]1C1=NC=C(c2ccc3cc(-c4cnc([C@@H]5CCCN5C(=O)OC(C)(C)C)[nH]4)ccc3c2)C1. The molecule has 1 aromatic heterocycles. The molecule has 2 aromatic carbocycles. The average Bonchev–Trinajstić information content (AvgIpc) is 3.76. The molecule has 6 rings (SSSR count). The number of nitrogens with one attached hydrogen (secondary N) is 1. The smallest absolute Gasteiger partial charge is 0.410 e. The summed E-state index contributed by atoms with van der Waals surface area (Å²) in [6, 6.07) is 12.8. The highest BCUT2D eigenvalue weighted by Gasteiger charge is 2.37. The number of hydrogen-bond acceptors (Lipinski definition) is 6. The van der Waals surface area contributed by atoms with Crippen LogP contribution in [0.25, 0.3) is 27.6 Å². The number of aromatic nitrogens is 2. The van der Waals surface area contributed by atoms with Gasteiger partial charge in [-0.25, -0.2) is 14.6 Å². The molecule has 0 radical (unpaired) electrons. The molecule has 0 bridgehead atoms. The fraction of sp³-hybridized carbons (Fsp3) is 0.486. The minimum atomic E-state index is -0.536. The molecule has 3 aromatic rings. The quantitative estimate of drug-likeness (QED) is 0.330. The van der Waals surface area contributed by atoms with E-state index in [4.69, 9.17) is 14.5 Å². The minimum Gasteiger partial charge on any atom is -0.444 e. The molecule has 9 heteroatoms. The zero-order chi connectivity index (χ0) is 31.2. The zero-order valence-corrected chi connectivity index (χ0v) is 26.6. The van der Waals surface area contributed by atoms with Crippen LogP contribution in [0.5, 0.6) is 0 Å². The van der Waals surface area contributed by atoms with Crippen molar-refractivity contribution >= 4 is 34.2 Å². The Hall–Kier alpha value is -4.14. The van der Waals surface area contributed by atoms with Crippen LogP contribution >= 0.6 is 0 Å². The summed E-state index contributed by atoms with van der Waals surface area (Å²) in [5.41, 5.74) is 4.23. The number of nitrogens with zero attached hydrogens (tertiary/aromatic N) is 4. The number of carbonyl (C=O) groups excluding carboxylic acids is 2. The molecule has 0 saturated carbocycles. The number of aliphatic imine (C=N–C) groups is 1. The van der Waals surface area contributed by atoms with Crippen molar-refractivity contribution in [3.8, 4) is 11.3 Å². The molecule has 2 saturated heterocycles. The van der Waals surface area contributed by atoms with Gasteiger partial charge in [-0.2, -0.15) is 0 Å². The molecule has 0 spiro atoms. The van der Waals surface area contributed by atoms with Crippen LogP contribution in [0.3, 0.4) is 0 Å². The summed E-state index contributed by atoms with van der Waals surface area (Å²) < 4.78 is 11.3. The maximum Gasteiger partial charge on any atom is 0.410 e. The molecule has 3 aliphatic rings. The summed E-state index contributed by atoms with van der Waals surface area (Å²) >= 11 is 0. The van der Waals surface area contributed by atoms with Crippen LogP contribution in [0.4, 0.5) is 9.59 Å². The van der Waals surface area contributed by atoms with Crippen molar-refractivity contribution in [1.29, 1.82) is 0 Å². The van der Waals surface area contributed by atoms with E-state index in [1.807, 2.05) is 58.8 Å². The second kappa shape index (κ2) is 11.4. The third-order valence-electron chi connectivity index (χ3n) is 8.34. The van der Waals surface area contributed by atoms with Gasteiger partial charge in [-0.15, -0.1) is 0 Å². The van der Waals surface area contributed by atoms with Crippen molar-refractivity contribution in [2.45, 2.75) is 96.9 Å². The number of fused-ring (bicyclic) bond motifs is 1. The van der Waals surface area contributed by atoms with E-state index in [2.05, 4.69) is 46.4 Å². The van der Waals surface area contributed by atoms with E-state index < -0.39 is 11.2 Å². The molecular weight excluding hydrogens is 554 g/mol. The van der Waals surface area contributed by atoms with Gasteiger partial charge < -0.3 is 14.5 Å². The largest absolute Gasteiger partial charge is 0.444 e. The Morgan fingerprint density at radius 2 is 1.39 bits per heavy atom. The van der Waals surface area contributed by atoms with Gasteiger partial charge in [0.15, 0.2) is 0 Å². The second-order valence-corrected chi connectivity index (χ2v) is 14.1. The number of rotatable bonds is 4. The topological polar surface area (TPSA) is 100 Å². The number of aromatic amines is 1. The van der Waals surface area contributed by atoms with Gasteiger partial charge in [0.05, 0.1) is 24.0 Å². The summed E-state index contributed by atoms with van der Waals surface area (Å²) in [4.78, 5) is 42.1. The Labute approximate surface area is 259 Å². The standard InChI is InChI=1S/C35H43N5O4/c1-34(2,3)43-32(41)39-15-7-9-29(39)27-19-26(20-36-27)24-12-11-23-18-25(14-13-22(23)17-24)28-21-37-31(38-28)30-10-8-16-40(30)33(42)44-35(4,5)6/h11-14,17-18,20-21,29-30H,7-10,15-16,19H2,1-6H3,(H,37,38)/t29-,30-/m0/s1. The lowest BCUT2D eigenvalue weighted by atomic mass is 9.96. The van der Waals surface area contributed by atoms with Gasteiger partial charge in [0.25, 0.3) is 0 Å². The van der Waals surface area contributed by atoms with Crippen molar-refractivity contribution in [1.82, 2.24) is 19.8 Å². The molecule has 232 valence electrons. The molecule has 9 nitrogen and oxygen atoms in total. The number of allylic oxidation sites excluding steroid dienone is 1. The van der Waals surface area contributed by atoms with E-state index >= 15 is 0 Å². The lowest BCUT2D eigenvalue weighted by Crippen LogP contribution is -2.43. The number of ether oxygens (including phenoxy) is 2. The Kier molecular flexibility index (Phi) is 7.76. The summed E-state index contributed by atoms with van der Waals surface area (Å²) in [5.74, 6) is 0.787. The molecule has 2 amide bonds. The van der Waals surface area contributed by atoms with Gasteiger partial charge in [0.2, 0.25) is 0 Å². The summed E-state index contributed by atoms with van der Waals surface area (Å²) in [6.07, 6.45) is 7.62. The van der Waals surface area contributed by atoms with Crippen molar-refractivity contribution in [3.05, 3.63) is 60.2 Å². The molecule has 1 N–H and O–H groups in total. The van der Waals surface area contributed by atoms with Crippen LogP contribution < -0.4 is 0 Å². The van der Waals surface area contributed by atoms with Gasteiger partial charge in [-0.05, 0) is 101 Å². The molecule has 0 unspecified atom stereocenters. The van der Waals surface area contributed by atoms with Gasteiger partial charge in [-0.3, -0.25) is 14.8 Å². The van der Waals surface area contributed by atoms with Crippen LogP contribution in [0, 0.1) is 0 Å². The van der Waals surface area contributed by atoms with E-state index in [1.165, 1.54) is 0 Å². The molecule has 0 aliphatic carbocycles. The molecule has 4 heterocycles. The third-order valence-corrected chi connectivity index (χ3v) is 8.34. The Morgan fingerprint density at radius 1 is 0.818 bits per heavy atom. The van der Waals surface area contributed by atoms with Gasteiger partial charge in [-0.1, -0.05) is 24.3 Å². The Balaban J connectivity index is 1.13. The highest BCUT2D eigenvalue weighted by Crippen LogP contribution is 2.35. The number of carbonyl (C=O) groups is 2. The summed E-state index contributed by atoms with van der Waals surface area (Å²) in [6.45, 7) is 12.7. The average molecular weight is 598 g/mol. The molecule has 44 heavy (non-hydrogen) atoms. The highest BCUT2D eigenvalue weighted by molar-refractivity contribution is 6.03. The number of benzene rings is 2. The number of hydrogen-bond donors (Lipinski definition) is 1. The first-order valence-corrected chi connectivity index (χ1v) is 15.7. The molecule has 2 atom stereocenters. The lowest BCUT2D eigenvalue weighted by molar-refractivity contribution is 0.0216. The number of likely N-dealkylation sites (tertiary alicyclic amines) is 2. The fourth-order valence-corrected chi connectivity index (χ4v) is 6.34. The number of amides is 2. The van der Waals surface area contributed by atoms with Crippen molar-refractivity contribution < 1.29 is 19.1 Å². The van der Waals surface area contributed by atoms with E-state index in [1.54, 1.807) is 4.90 Å². The highest BCUT2D eigenvalue weighted by atomic mass is 16.6. The van der Waals surface area contributed by atoms with Gasteiger partial charge in [0, 0.05) is 37.0 Å². The Morgan fingerprint density at radius 3 is 2.02 bits per heavy atom. The molecule has 2 fully saturated rings. The van der Waals surface area contributed by atoms with Gasteiger partial charge in [0.1, 0.15) is 17.0 Å². The van der Waals surface area contributed by atoms with Gasteiger partial charge >= 0.3 is 12.2 Å². The first-order valence-electron chi connectivity index (χ1n) is 15.7. The van der Waals surface area contributed by atoms with Crippen LogP contribution in [-0.2, 0) is 9.47 Å². The maximum absolute atomic E-state index is 12.8. The fourth-order valence-electron chi connectivity index (χ4n) is 6.34. The number of imidazole rings is 1. The van der Waals surface area contributed by atoms with Crippen LogP contribution in [0.2, 0.25) is 0 Å². The van der Waals surface area contributed by atoms with Crippen LogP contribution in [0.15, 0.2) is 53.8 Å². The summed E-state index contributed by atoms with van der Waals surface area (Å²) in [5, 5.41) is 2.27. The minimum absolute atomic E-state index is 0.0126. The zero-order valence-electron chi connectivity index (χ0n) is 26.6. The first-order chi connectivity index (χ1) is 20.8. The predicted octanol–water partition coefficient (Wildman–Crippen LogP) is 7.89. The molecule has 3 aliphatic heterocycles. The second-order valence-electron chi connectivity index (χ2n) is 14.1. The van der Waals surface area contributed by atoms with Crippen molar-refractivity contribution in [2.24, 2.45) is 4.99 Å². The summed E-state index contributed by atoms with van der Waals surface area (Å²) in [7, 11) is 0. The van der Waals surface area contributed by atoms with Crippen LogP contribution in [0.1, 0.15) is 91.1 Å². The van der Waals surface area contributed by atoms with Crippen molar-refractivity contribution in [3.63, 3.8) is 0 Å². The first kappa shape index (κ1) is 29.9. The number of H-pyrrole nitrogens is 1. The third kappa shape index (κ3) is 6.37. The molecular formula is C35H43N5O4. The maximum atomic E-state index is 12.8. The van der Waals surface area contributed by atoms with Crippen molar-refractivity contribution in [2.75, 3.05) is 13.1 Å².